The van der Waals surface area contributed by atoms with Crippen LogP contribution in [0.3, 0.4) is 0 Å². The molecule has 0 radical (unpaired) electrons. The minimum absolute atomic E-state index is 0.0851. The van der Waals surface area contributed by atoms with Crippen molar-refractivity contribution in [2.24, 2.45) is 17.8 Å². The Morgan fingerprint density at radius 2 is 1.53 bits per heavy atom. The zero-order chi connectivity index (χ0) is 14.6. The number of imide groups is 1. The van der Waals surface area contributed by atoms with Gasteiger partial charge in [-0.25, -0.2) is 0 Å². The molecule has 0 aromatic carbocycles. The maximum atomic E-state index is 12.5. The lowest BCUT2D eigenvalue weighted by Crippen LogP contribution is -2.60. The van der Waals surface area contributed by atoms with Crippen molar-refractivity contribution >= 4 is 11.8 Å². The topological polar surface area (TPSA) is 57.6 Å². The van der Waals surface area contributed by atoms with E-state index in [0.29, 0.717) is 5.92 Å². The number of fused-ring (bicyclic) bond motifs is 1. The molecule has 1 aliphatic heterocycles. The van der Waals surface area contributed by atoms with E-state index >= 15 is 0 Å². The number of hydrogen-bond acceptors (Lipinski definition) is 3. The fourth-order valence-corrected chi connectivity index (χ4v) is 3.29. The Morgan fingerprint density at radius 3 is 1.84 bits per heavy atom. The monoisotopic (exact) mass is 267 g/mol. The SMILES string of the molecule is CCC1CC2C(=O)N(C(C)(C)C(C)(C)O)C(=O)C2C1. The normalized spacial score (nSPS) is 32.1. The summed E-state index contributed by atoms with van der Waals surface area (Å²) in [5.41, 5.74) is -1.98. The number of nitrogens with zero attached hydrogens (tertiary/aromatic N) is 1. The molecule has 0 spiro atoms. The van der Waals surface area contributed by atoms with Gasteiger partial charge in [-0.3, -0.25) is 14.5 Å². The third-order valence-corrected chi connectivity index (χ3v) is 5.37. The van der Waals surface area contributed by atoms with Gasteiger partial charge in [0.25, 0.3) is 0 Å². The minimum atomic E-state index is -1.11. The van der Waals surface area contributed by atoms with Crippen LogP contribution in [0.15, 0.2) is 0 Å². The predicted octanol–water partition coefficient (Wildman–Crippen LogP) is 1.96. The highest BCUT2D eigenvalue weighted by molar-refractivity contribution is 6.06. The number of carbonyl (C=O) groups excluding carboxylic acids is 2. The molecular weight excluding hydrogens is 242 g/mol. The maximum absolute atomic E-state index is 12.5. The first-order valence-electron chi connectivity index (χ1n) is 7.21. The largest absolute Gasteiger partial charge is 0.388 e. The van der Waals surface area contributed by atoms with E-state index in [4.69, 9.17) is 0 Å². The van der Waals surface area contributed by atoms with Crippen LogP contribution in [0.1, 0.15) is 53.9 Å². The summed E-state index contributed by atoms with van der Waals surface area (Å²) in [4.78, 5) is 26.4. The lowest BCUT2D eigenvalue weighted by molar-refractivity contribution is -0.157. The van der Waals surface area contributed by atoms with E-state index in [1.165, 1.54) is 4.90 Å². The van der Waals surface area contributed by atoms with Crippen LogP contribution in [-0.2, 0) is 9.59 Å². The summed E-state index contributed by atoms with van der Waals surface area (Å²) in [6.07, 6.45) is 2.68. The summed E-state index contributed by atoms with van der Waals surface area (Å²) in [5.74, 6) is 0.0181. The summed E-state index contributed by atoms with van der Waals surface area (Å²) >= 11 is 0. The molecular formula is C15H25NO3. The summed E-state index contributed by atoms with van der Waals surface area (Å²) < 4.78 is 0. The van der Waals surface area contributed by atoms with Crippen molar-refractivity contribution in [1.29, 1.82) is 0 Å². The van der Waals surface area contributed by atoms with Crippen LogP contribution in [0, 0.1) is 17.8 Å². The van der Waals surface area contributed by atoms with Crippen LogP contribution >= 0.6 is 0 Å². The third kappa shape index (κ3) is 2.00. The highest BCUT2D eigenvalue weighted by Gasteiger charge is 2.58. The second-order valence-corrected chi connectivity index (χ2v) is 7.09. The van der Waals surface area contributed by atoms with Crippen LogP contribution in [0.2, 0.25) is 0 Å². The van der Waals surface area contributed by atoms with E-state index in [9.17, 15) is 14.7 Å². The van der Waals surface area contributed by atoms with E-state index < -0.39 is 11.1 Å². The minimum Gasteiger partial charge on any atom is -0.388 e. The van der Waals surface area contributed by atoms with E-state index in [1.54, 1.807) is 27.7 Å². The summed E-state index contributed by atoms with van der Waals surface area (Å²) in [5, 5.41) is 10.3. The third-order valence-electron chi connectivity index (χ3n) is 5.37. The molecule has 2 unspecified atom stereocenters. The highest BCUT2D eigenvalue weighted by atomic mass is 16.3. The molecule has 1 heterocycles. The molecule has 0 aromatic rings. The van der Waals surface area contributed by atoms with Gasteiger partial charge >= 0.3 is 0 Å². The molecule has 1 aliphatic carbocycles. The second kappa shape index (κ2) is 4.30. The van der Waals surface area contributed by atoms with Crippen LogP contribution in [-0.4, -0.2) is 33.0 Å². The molecule has 0 bridgehead atoms. The van der Waals surface area contributed by atoms with Gasteiger partial charge < -0.3 is 5.11 Å². The lowest BCUT2D eigenvalue weighted by atomic mass is 9.84. The Kier molecular flexibility index (Phi) is 3.28. The second-order valence-electron chi connectivity index (χ2n) is 7.09. The number of amides is 2. The van der Waals surface area contributed by atoms with E-state index in [-0.39, 0.29) is 23.7 Å². The van der Waals surface area contributed by atoms with Crippen LogP contribution in [0.25, 0.3) is 0 Å². The van der Waals surface area contributed by atoms with Gasteiger partial charge in [0.15, 0.2) is 0 Å². The fraction of sp³-hybridized carbons (Fsp3) is 0.867. The van der Waals surface area contributed by atoms with Crippen molar-refractivity contribution < 1.29 is 14.7 Å². The quantitative estimate of drug-likeness (QED) is 0.795. The maximum Gasteiger partial charge on any atom is 0.233 e. The first kappa shape index (κ1) is 14.5. The molecule has 2 aliphatic rings. The number of hydrogen-bond donors (Lipinski definition) is 1. The van der Waals surface area contributed by atoms with Gasteiger partial charge in [-0.1, -0.05) is 13.3 Å². The van der Waals surface area contributed by atoms with Gasteiger partial charge in [-0.2, -0.15) is 0 Å². The molecule has 2 fully saturated rings. The fourth-order valence-electron chi connectivity index (χ4n) is 3.29. The smallest absolute Gasteiger partial charge is 0.233 e. The molecule has 0 aromatic heterocycles. The van der Waals surface area contributed by atoms with Gasteiger partial charge in [0.2, 0.25) is 11.8 Å². The molecule has 1 saturated heterocycles. The van der Waals surface area contributed by atoms with Crippen LogP contribution in [0.5, 0.6) is 0 Å². The van der Waals surface area contributed by atoms with Crippen molar-refractivity contribution in [2.45, 2.75) is 65.0 Å². The van der Waals surface area contributed by atoms with Crippen molar-refractivity contribution in [3.8, 4) is 0 Å². The lowest BCUT2D eigenvalue weighted by Gasteiger charge is -2.43. The van der Waals surface area contributed by atoms with Crippen LogP contribution < -0.4 is 0 Å². The van der Waals surface area contributed by atoms with Crippen molar-refractivity contribution in [1.82, 2.24) is 4.90 Å². The van der Waals surface area contributed by atoms with Crippen LogP contribution in [0.4, 0.5) is 0 Å². The van der Waals surface area contributed by atoms with Crippen molar-refractivity contribution in [3.05, 3.63) is 0 Å². The number of likely N-dealkylation sites (tertiary alicyclic amines) is 1. The Hall–Kier alpha value is -0.900. The standard InChI is InChI=1S/C15H25NO3/c1-6-9-7-10-11(8-9)13(18)16(12(10)17)14(2,3)15(4,5)19/h9-11,19H,6-8H2,1-5H3. The van der Waals surface area contributed by atoms with E-state index in [2.05, 4.69) is 6.92 Å². The van der Waals surface area contributed by atoms with Gasteiger partial charge in [0.05, 0.1) is 23.0 Å². The molecule has 4 heteroatoms. The summed E-state index contributed by atoms with van der Waals surface area (Å²) in [6.45, 7) is 8.94. The molecule has 2 amide bonds. The number of carbonyl (C=O) groups is 2. The molecule has 1 saturated carbocycles. The number of aliphatic hydroxyl groups is 1. The zero-order valence-corrected chi connectivity index (χ0v) is 12.6. The Bertz CT molecular complexity index is 384. The Labute approximate surface area is 115 Å². The molecule has 108 valence electrons. The molecule has 19 heavy (non-hydrogen) atoms. The first-order valence-corrected chi connectivity index (χ1v) is 7.21. The molecule has 4 nitrogen and oxygen atoms in total. The Balaban J connectivity index is 2.29. The van der Waals surface area contributed by atoms with E-state index in [0.717, 1.165) is 19.3 Å². The molecule has 2 rings (SSSR count). The predicted molar refractivity (Wildman–Crippen MR) is 72.2 cm³/mol. The summed E-state index contributed by atoms with van der Waals surface area (Å²) in [6, 6.07) is 0. The van der Waals surface area contributed by atoms with Crippen molar-refractivity contribution in [3.63, 3.8) is 0 Å². The molecule has 1 N–H and O–H groups in total. The van der Waals surface area contributed by atoms with Gasteiger partial charge in [0, 0.05) is 0 Å². The average molecular weight is 267 g/mol. The average Bonchev–Trinajstić information content (AvgIpc) is 2.78. The first-order chi connectivity index (χ1) is 8.61. The number of rotatable bonds is 3. The molecule has 2 atom stereocenters. The van der Waals surface area contributed by atoms with Gasteiger partial charge in [0.1, 0.15) is 0 Å². The Morgan fingerprint density at radius 1 is 1.11 bits per heavy atom. The summed E-state index contributed by atoms with van der Waals surface area (Å²) in [7, 11) is 0. The van der Waals surface area contributed by atoms with Gasteiger partial charge in [-0.05, 0) is 46.5 Å². The van der Waals surface area contributed by atoms with E-state index in [1.807, 2.05) is 0 Å². The van der Waals surface area contributed by atoms with Gasteiger partial charge in [-0.15, -0.1) is 0 Å². The zero-order valence-electron chi connectivity index (χ0n) is 12.6. The highest BCUT2D eigenvalue weighted by Crippen LogP contribution is 2.47. The van der Waals surface area contributed by atoms with Crippen molar-refractivity contribution in [2.75, 3.05) is 0 Å².